The molecule has 0 saturated carbocycles. The largest absolute Gasteiger partial charge is 0.496 e. The van der Waals surface area contributed by atoms with Crippen LogP contribution >= 0.6 is 0 Å². The van der Waals surface area contributed by atoms with Gasteiger partial charge in [-0.1, -0.05) is 18.2 Å². The Hall–Kier alpha value is -3.42. The Bertz CT molecular complexity index is 854. The van der Waals surface area contributed by atoms with Crippen LogP contribution in [0.15, 0.2) is 42.5 Å². The van der Waals surface area contributed by atoms with E-state index in [4.69, 9.17) is 18.9 Å². The molecule has 0 aliphatic carbocycles. The number of rotatable bonds is 6. The molecule has 2 aromatic carbocycles. The maximum atomic E-state index is 12.1. The van der Waals surface area contributed by atoms with Gasteiger partial charge in [-0.25, -0.2) is 9.59 Å². The van der Waals surface area contributed by atoms with Gasteiger partial charge in [0.05, 0.1) is 20.8 Å². The van der Waals surface area contributed by atoms with Gasteiger partial charge in [0.25, 0.3) is 0 Å². The van der Waals surface area contributed by atoms with E-state index in [-0.39, 0.29) is 18.7 Å². The van der Waals surface area contributed by atoms with E-state index in [1.807, 2.05) is 24.3 Å². The number of nitrogens with one attached hydrogen (secondary N) is 2. The Morgan fingerprint density at radius 2 is 1.89 bits per heavy atom. The lowest BCUT2D eigenvalue weighted by molar-refractivity contribution is 0.0597. The van der Waals surface area contributed by atoms with Gasteiger partial charge in [0.1, 0.15) is 17.9 Å². The van der Waals surface area contributed by atoms with Gasteiger partial charge in [0.2, 0.25) is 0 Å². The molecular formula is C20H22N2O6. The van der Waals surface area contributed by atoms with Crippen molar-refractivity contribution in [2.45, 2.75) is 12.6 Å². The lowest BCUT2D eigenvalue weighted by Gasteiger charge is -2.26. The second-order valence-corrected chi connectivity index (χ2v) is 6.09. The van der Waals surface area contributed by atoms with Crippen LogP contribution in [0.4, 0.5) is 4.79 Å². The van der Waals surface area contributed by atoms with Crippen molar-refractivity contribution in [3.05, 3.63) is 53.6 Å². The second kappa shape index (κ2) is 8.98. The third-order valence-electron chi connectivity index (χ3n) is 4.18. The van der Waals surface area contributed by atoms with Crippen molar-refractivity contribution >= 4 is 12.0 Å². The van der Waals surface area contributed by atoms with E-state index >= 15 is 0 Å². The van der Waals surface area contributed by atoms with Crippen LogP contribution in [0.1, 0.15) is 15.9 Å². The summed E-state index contributed by atoms with van der Waals surface area (Å²) in [7, 11) is 2.78. The summed E-state index contributed by atoms with van der Waals surface area (Å²) in [6.07, 6.45) is -0.271. The van der Waals surface area contributed by atoms with Crippen molar-refractivity contribution in [2.75, 3.05) is 27.4 Å². The summed E-state index contributed by atoms with van der Waals surface area (Å²) in [6.45, 7) is 0.902. The zero-order valence-electron chi connectivity index (χ0n) is 15.7. The summed E-state index contributed by atoms with van der Waals surface area (Å²) in [5.74, 6) is 1.27. The number of para-hydroxylation sites is 2. The molecular weight excluding hydrogens is 364 g/mol. The molecule has 0 saturated heterocycles. The molecule has 8 heteroatoms. The molecule has 28 heavy (non-hydrogen) atoms. The molecule has 0 bridgehead atoms. The highest BCUT2D eigenvalue weighted by Crippen LogP contribution is 2.30. The SMILES string of the molecule is COC(=O)c1cc(CNC(=O)NC[C@@H]2COc3ccccc3O2)ccc1OC. The summed E-state index contributed by atoms with van der Waals surface area (Å²) in [6, 6.07) is 12.1. The number of amides is 2. The van der Waals surface area contributed by atoms with Crippen LogP contribution < -0.4 is 24.8 Å². The van der Waals surface area contributed by atoms with Crippen LogP contribution in [0.2, 0.25) is 0 Å². The van der Waals surface area contributed by atoms with Crippen molar-refractivity contribution < 1.29 is 28.5 Å². The van der Waals surface area contributed by atoms with E-state index in [2.05, 4.69) is 10.6 Å². The average Bonchev–Trinajstić information content (AvgIpc) is 2.75. The molecule has 0 fully saturated rings. The first-order valence-corrected chi connectivity index (χ1v) is 8.76. The van der Waals surface area contributed by atoms with Crippen LogP contribution in [0.5, 0.6) is 17.2 Å². The highest BCUT2D eigenvalue weighted by molar-refractivity contribution is 5.92. The Morgan fingerprint density at radius 1 is 1.11 bits per heavy atom. The first kappa shape index (κ1) is 19.3. The van der Waals surface area contributed by atoms with Crippen LogP contribution in [-0.4, -0.2) is 45.5 Å². The molecule has 0 spiro atoms. The topological polar surface area (TPSA) is 95.1 Å². The molecule has 1 atom stereocenters. The Labute approximate surface area is 162 Å². The van der Waals surface area contributed by atoms with E-state index in [9.17, 15) is 9.59 Å². The number of carbonyl (C=O) groups excluding carboxylic acids is 2. The van der Waals surface area contributed by atoms with Gasteiger partial charge in [-0.05, 0) is 29.8 Å². The number of benzene rings is 2. The molecule has 8 nitrogen and oxygen atoms in total. The van der Waals surface area contributed by atoms with Gasteiger partial charge in [0, 0.05) is 6.54 Å². The van der Waals surface area contributed by atoms with Crippen LogP contribution in [0, 0.1) is 0 Å². The number of esters is 1. The third-order valence-corrected chi connectivity index (χ3v) is 4.18. The lowest BCUT2D eigenvalue weighted by atomic mass is 10.1. The molecule has 0 radical (unpaired) electrons. The molecule has 1 aliphatic rings. The summed E-state index contributed by atoms with van der Waals surface area (Å²) in [4.78, 5) is 23.9. The van der Waals surface area contributed by atoms with Crippen molar-refractivity contribution in [1.29, 1.82) is 0 Å². The fourth-order valence-electron chi connectivity index (χ4n) is 2.75. The summed E-state index contributed by atoms with van der Waals surface area (Å²) >= 11 is 0. The minimum absolute atomic E-state index is 0.241. The molecule has 0 unspecified atom stereocenters. The maximum Gasteiger partial charge on any atom is 0.341 e. The molecule has 1 aliphatic heterocycles. The third kappa shape index (κ3) is 4.64. The predicted molar refractivity (Wildman–Crippen MR) is 101 cm³/mol. The van der Waals surface area contributed by atoms with Crippen molar-refractivity contribution in [3.63, 3.8) is 0 Å². The van der Waals surface area contributed by atoms with Gasteiger partial charge in [-0.2, -0.15) is 0 Å². The lowest BCUT2D eigenvalue weighted by Crippen LogP contribution is -2.44. The average molecular weight is 386 g/mol. The molecule has 3 rings (SSSR count). The Morgan fingerprint density at radius 3 is 2.64 bits per heavy atom. The zero-order chi connectivity index (χ0) is 19.9. The number of hydrogen-bond donors (Lipinski definition) is 2. The fraction of sp³-hybridized carbons (Fsp3) is 0.300. The van der Waals surface area contributed by atoms with Crippen LogP contribution in [0.25, 0.3) is 0 Å². The summed E-state index contributed by atoms with van der Waals surface area (Å²) < 4.78 is 21.3. The number of hydrogen-bond acceptors (Lipinski definition) is 6. The van der Waals surface area contributed by atoms with Gasteiger partial charge in [0.15, 0.2) is 17.6 Å². The molecule has 2 aromatic rings. The zero-order valence-corrected chi connectivity index (χ0v) is 15.7. The summed E-state index contributed by atoms with van der Waals surface area (Å²) in [5, 5.41) is 5.49. The smallest absolute Gasteiger partial charge is 0.341 e. The van der Waals surface area contributed by atoms with E-state index in [1.165, 1.54) is 14.2 Å². The highest BCUT2D eigenvalue weighted by atomic mass is 16.6. The van der Waals surface area contributed by atoms with E-state index < -0.39 is 5.97 Å². The summed E-state index contributed by atoms with van der Waals surface area (Å²) in [5.41, 5.74) is 1.04. The minimum atomic E-state index is -0.502. The van der Waals surface area contributed by atoms with E-state index in [0.717, 1.165) is 5.56 Å². The molecule has 148 valence electrons. The van der Waals surface area contributed by atoms with Crippen LogP contribution in [0.3, 0.4) is 0 Å². The first-order chi connectivity index (χ1) is 13.6. The number of carbonyl (C=O) groups is 2. The number of methoxy groups -OCH3 is 2. The quantitative estimate of drug-likeness (QED) is 0.739. The van der Waals surface area contributed by atoms with Crippen molar-refractivity contribution in [1.82, 2.24) is 10.6 Å². The van der Waals surface area contributed by atoms with E-state index in [0.29, 0.717) is 36.0 Å². The minimum Gasteiger partial charge on any atom is -0.496 e. The number of fused-ring (bicyclic) bond motifs is 1. The van der Waals surface area contributed by atoms with Crippen molar-refractivity contribution in [3.8, 4) is 17.2 Å². The standard InChI is InChI=1S/C20H22N2O6/c1-25-16-8-7-13(9-15(16)19(23)26-2)10-21-20(24)22-11-14-12-27-17-5-3-4-6-18(17)28-14/h3-9,14H,10-12H2,1-2H3,(H2,21,22,24)/t14-/m1/s1. The monoisotopic (exact) mass is 386 g/mol. The van der Waals surface area contributed by atoms with Gasteiger partial charge >= 0.3 is 12.0 Å². The maximum absolute atomic E-state index is 12.1. The normalized spacial score (nSPS) is 14.7. The van der Waals surface area contributed by atoms with Gasteiger partial charge < -0.3 is 29.6 Å². The molecule has 1 heterocycles. The fourth-order valence-corrected chi connectivity index (χ4v) is 2.75. The van der Waals surface area contributed by atoms with Gasteiger partial charge in [-0.3, -0.25) is 0 Å². The van der Waals surface area contributed by atoms with Gasteiger partial charge in [-0.15, -0.1) is 0 Å². The van der Waals surface area contributed by atoms with E-state index in [1.54, 1.807) is 18.2 Å². The second-order valence-electron chi connectivity index (χ2n) is 6.09. The van der Waals surface area contributed by atoms with Crippen LogP contribution in [-0.2, 0) is 11.3 Å². The predicted octanol–water partition coefficient (Wildman–Crippen LogP) is 2.12. The highest BCUT2D eigenvalue weighted by Gasteiger charge is 2.21. The van der Waals surface area contributed by atoms with Crippen molar-refractivity contribution in [2.24, 2.45) is 0 Å². The Kier molecular flexibility index (Phi) is 6.21. The molecule has 2 N–H and O–H groups in total. The first-order valence-electron chi connectivity index (χ1n) is 8.76. The number of ether oxygens (including phenoxy) is 4. The Balaban J connectivity index is 1.49. The molecule has 0 aromatic heterocycles. The number of urea groups is 1. The molecule has 2 amide bonds.